The van der Waals surface area contributed by atoms with Crippen molar-refractivity contribution >= 4 is 23.1 Å². The molecule has 0 bridgehead atoms. The predicted molar refractivity (Wildman–Crippen MR) is 92.7 cm³/mol. The van der Waals surface area contributed by atoms with E-state index in [0.29, 0.717) is 12.2 Å². The highest BCUT2D eigenvalue weighted by atomic mass is 32.1. The maximum atomic E-state index is 13.0. The molecular formula is C18H16FN3OS. The Morgan fingerprint density at radius 1 is 1.12 bits per heavy atom. The zero-order valence-corrected chi connectivity index (χ0v) is 13.7. The number of carbonyl (C=O) groups is 1. The molecule has 0 spiro atoms. The van der Waals surface area contributed by atoms with E-state index in [1.165, 1.54) is 12.1 Å². The van der Waals surface area contributed by atoms with E-state index in [4.69, 9.17) is 0 Å². The lowest BCUT2D eigenvalue weighted by Gasteiger charge is -2.36. The van der Waals surface area contributed by atoms with Gasteiger partial charge in [0.15, 0.2) is 0 Å². The molecule has 4 nitrogen and oxygen atoms in total. The van der Waals surface area contributed by atoms with Crippen molar-refractivity contribution in [1.29, 1.82) is 0 Å². The Kier molecular flexibility index (Phi) is 3.82. The number of halogens is 1. The van der Waals surface area contributed by atoms with E-state index in [1.807, 2.05) is 28.6 Å². The highest BCUT2D eigenvalue weighted by Crippen LogP contribution is 2.35. The number of nitrogens with zero attached hydrogens (tertiary/aromatic N) is 2. The summed E-state index contributed by atoms with van der Waals surface area (Å²) in [6, 6.07) is 13.7. The number of hydrogen-bond acceptors (Lipinski definition) is 2. The quantitative estimate of drug-likeness (QED) is 0.740. The summed E-state index contributed by atoms with van der Waals surface area (Å²) in [5, 5.41) is 4.89. The first-order valence-corrected chi connectivity index (χ1v) is 8.62. The summed E-state index contributed by atoms with van der Waals surface area (Å²) in [6.07, 6.45) is 2.05. The topological polar surface area (TPSA) is 37.3 Å². The molecule has 0 saturated heterocycles. The number of rotatable bonds is 2. The Morgan fingerprint density at radius 2 is 1.96 bits per heavy atom. The van der Waals surface area contributed by atoms with Crippen LogP contribution in [0.25, 0.3) is 0 Å². The molecule has 2 aromatic heterocycles. The maximum Gasteiger partial charge on any atom is 0.322 e. The van der Waals surface area contributed by atoms with Gasteiger partial charge >= 0.3 is 6.03 Å². The Morgan fingerprint density at radius 3 is 2.71 bits per heavy atom. The average Bonchev–Trinajstić information content (AvgIpc) is 3.27. The molecule has 0 saturated carbocycles. The third kappa shape index (κ3) is 2.69. The normalized spacial score (nSPS) is 16.7. The number of benzene rings is 1. The summed E-state index contributed by atoms with van der Waals surface area (Å²) in [7, 11) is 0. The number of thiophene rings is 1. The molecule has 1 atom stereocenters. The molecule has 3 heterocycles. The van der Waals surface area contributed by atoms with Gasteiger partial charge in [-0.3, -0.25) is 0 Å². The van der Waals surface area contributed by atoms with Crippen LogP contribution in [0.5, 0.6) is 0 Å². The number of aromatic nitrogens is 1. The van der Waals surface area contributed by atoms with Gasteiger partial charge in [-0.25, -0.2) is 9.18 Å². The zero-order chi connectivity index (χ0) is 16.5. The van der Waals surface area contributed by atoms with Crippen LogP contribution in [0.2, 0.25) is 0 Å². The maximum absolute atomic E-state index is 13.0. The van der Waals surface area contributed by atoms with E-state index < -0.39 is 0 Å². The van der Waals surface area contributed by atoms with Crippen LogP contribution in [-0.2, 0) is 6.54 Å². The second-order valence-electron chi connectivity index (χ2n) is 5.67. The van der Waals surface area contributed by atoms with E-state index in [0.717, 1.165) is 17.1 Å². The monoisotopic (exact) mass is 341 g/mol. The SMILES string of the molecule is O=C(Nc1ccc(F)cc1)N1CCn2cccc2[C@H]1c1cccs1. The minimum Gasteiger partial charge on any atom is -0.347 e. The minimum absolute atomic E-state index is 0.103. The van der Waals surface area contributed by atoms with Gasteiger partial charge in [0, 0.05) is 35.5 Å². The molecule has 6 heteroatoms. The van der Waals surface area contributed by atoms with Crippen molar-refractivity contribution in [3.05, 3.63) is 76.5 Å². The molecule has 1 aliphatic heterocycles. The molecule has 24 heavy (non-hydrogen) atoms. The van der Waals surface area contributed by atoms with Gasteiger partial charge in [0.1, 0.15) is 11.9 Å². The van der Waals surface area contributed by atoms with Crippen molar-refractivity contribution in [2.24, 2.45) is 0 Å². The lowest BCUT2D eigenvalue weighted by molar-refractivity contribution is 0.183. The number of hydrogen-bond donors (Lipinski definition) is 1. The summed E-state index contributed by atoms with van der Waals surface area (Å²) in [4.78, 5) is 15.8. The first-order chi connectivity index (χ1) is 11.7. The van der Waals surface area contributed by atoms with Crippen molar-refractivity contribution in [2.45, 2.75) is 12.6 Å². The molecule has 0 unspecified atom stereocenters. The van der Waals surface area contributed by atoms with Gasteiger partial charge in [-0.05, 0) is 47.8 Å². The lowest BCUT2D eigenvalue weighted by Crippen LogP contribution is -2.44. The number of nitrogens with one attached hydrogen (secondary N) is 1. The van der Waals surface area contributed by atoms with Gasteiger partial charge in [-0.15, -0.1) is 11.3 Å². The Balaban J connectivity index is 1.63. The average molecular weight is 341 g/mol. The molecule has 2 amide bonds. The largest absolute Gasteiger partial charge is 0.347 e. The van der Waals surface area contributed by atoms with Crippen molar-refractivity contribution in [2.75, 3.05) is 11.9 Å². The standard InChI is InChI=1S/C18H16FN3OS/c19-13-5-7-14(8-6-13)20-18(23)22-11-10-21-9-1-3-15(21)17(22)16-4-2-12-24-16/h1-9,12,17H,10-11H2,(H,20,23)/t17-/m0/s1. The van der Waals surface area contributed by atoms with Crippen LogP contribution in [0, 0.1) is 5.82 Å². The van der Waals surface area contributed by atoms with Crippen LogP contribution in [-0.4, -0.2) is 22.0 Å². The minimum atomic E-state index is -0.319. The van der Waals surface area contributed by atoms with Gasteiger partial charge in [0.2, 0.25) is 0 Å². The second-order valence-corrected chi connectivity index (χ2v) is 6.65. The van der Waals surface area contributed by atoms with E-state index >= 15 is 0 Å². The molecule has 1 aliphatic rings. The summed E-state index contributed by atoms with van der Waals surface area (Å²) >= 11 is 1.64. The molecule has 0 aliphatic carbocycles. The fourth-order valence-electron chi connectivity index (χ4n) is 3.08. The van der Waals surface area contributed by atoms with Crippen LogP contribution in [0.15, 0.2) is 60.1 Å². The number of amides is 2. The fraction of sp³-hybridized carbons (Fsp3) is 0.167. The van der Waals surface area contributed by atoms with E-state index in [2.05, 4.69) is 22.0 Å². The molecule has 1 N–H and O–H groups in total. The smallest absolute Gasteiger partial charge is 0.322 e. The third-order valence-electron chi connectivity index (χ3n) is 4.21. The summed E-state index contributed by atoms with van der Waals surface area (Å²) < 4.78 is 15.2. The highest BCUT2D eigenvalue weighted by molar-refractivity contribution is 7.10. The first kappa shape index (κ1) is 15.0. The molecule has 122 valence electrons. The van der Waals surface area contributed by atoms with Crippen molar-refractivity contribution in [1.82, 2.24) is 9.47 Å². The second kappa shape index (κ2) is 6.13. The summed E-state index contributed by atoms with van der Waals surface area (Å²) in [5.74, 6) is -0.319. The first-order valence-electron chi connectivity index (χ1n) is 7.74. The Labute approximate surface area is 143 Å². The van der Waals surface area contributed by atoms with Gasteiger partial charge in [0.25, 0.3) is 0 Å². The van der Waals surface area contributed by atoms with Crippen LogP contribution >= 0.6 is 11.3 Å². The number of anilines is 1. The third-order valence-corrected chi connectivity index (χ3v) is 5.13. The number of urea groups is 1. The van der Waals surface area contributed by atoms with Crippen LogP contribution in [0.4, 0.5) is 14.9 Å². The van der Waals surface area contributed by atoms with E-state index in [1.54, 1.807) is 23.5 Å². The van der Waals surface area contributed by atoms with Crippen LogP contribution in [0.3, 0.4) is 0 Å². The molecular weight excluding hydrogens is 325 g/mol. The number of fused-ring (bicyclic) bond motifs is 1. The van der Waals surface area contributed by atoms with E-state index in [9.17, 15) is 9.18 Å². The summed E-state index contributed by atoms with van der Waals surface area (Å²) in [6.45, 7) is 1.39. The van der Waals surface area contributed by atoms with Crippen LogP contribution in [0.1, 0.15) is 16.6 Å². The number of carbonyl (C=O) groups excluding carboxylic acids is 1. The molecule has 3 aromatic rings. The Hall–Kier alpha value is -2.60. The lowest BCUT2D eigenvalue weighted by atomic mass is 10.1. The molecule has 0 fully saturated rings. The molecule has 4 rings (SSSR count). The van der Waals surface area contributed by atoms with Crippen LogP contribution < -0.4 is 5.32 Å². The molecule has 0 radical (unpaired) electrons. The van der Waals surface area contributed by atoms with Gasteiger partial charge in [-0.1, -0.05) is 6.07 Å². The Bertz CT molecular complexity index is 842. The molecule has 1 aromatic carbocycles. The van der Waals surface area contributed by atoms with Crippen molar-refractivity contribution in [3.63, 3.8) is 0 Å². The van der Waals surface area contributed by atoms with Gasteiger partial charge in [-0.2, -0.15) is 0 Å². The van der Waals surface area contributed by atoms with Gasteiger partial charge in [0.05, 0.1) is 0 Å². The van der Waals surface area contributed by atoms with E-state index in [-0.39, 0.29) is 17.9 Å². The van der Waals surface area contributed by atoms with Gasteiger partial charge < -0.3 is 14.8 Å². The fourth-order valence-corrected chi connectivity index (χ4v) is 3.93. The highest BCUT2D eigenvalue weighted by Gasteiger charge is 2.32. The predicted octanol–water partition coefficient (Wildman–Crippen LogP) is 4.33. The van der Waals surface area contributed by atoms with Crippen molar-refractivity contribution in [3.8, 4) is 0 Å². The van der Waals surface area contributed by atoms with Crippen molar-refractivity contribution < 1.29 is 9.18 Å². The zero-order valence-electron chi connectivity index (χ0n) is 12.9. The summed E-state index contributed by atoms with van der Waals surface area (Å²) in [5.41, 5.74) is 1.70.